The van der Waals surface area contributed by atoms with Gasteiger partial charge in [0.25, 0.3) is 0 Å². The van der Waals surface area contributed by atoms with Crippen molar-refractivity contribution in [3.8, 4) is 6.07 Å². The molecule has 5 nitrogen and oxygen atoms in total. The first-order chi connectivity index (χ1) is 11.4. The number of hydrogen-bond donors (Lipinski definition) is 1. The summed E-state index contributed by atoms with van der Waals surface area (Å²) in [5.74, 6) is 0.686. The zero-order chi connectivity index (χ0) is 17.3. The van der Waals surface area contributed by atoms with Crippen molar-refractivity contribution < 1.29 is 4.79 Å². The maximum absolute atomic E-state index is 12.6. The minimum atomic E-state index is -0.731. The van der Waals surface area contributed by atoms with Gasteiger partial charge in [-0.15, -0.1) is 0 Å². The van der Waals surface area contributed by atoms with E-state index in [4.69, 9.17) is 0 Å². The summed E-state index contributed by atoms with van der Waals surface area (Å²) in [7, 11) is 2.10. The summed E-state index contributed by atoms with van der Waals surface area (Å²) in [6, 6.07) is 10.5. The number of nitrogens with one attached hydrogen (secondary N) is 1. The second-order valence-corrected chi connectivity index (χ2v) is 7.49. The van der Waals surface area contributed by atoms with Crippen LogP contribution >= 0.6 is 0 Å². The lowest BCUT2D eigenvalue weighted by Crippen LogP contribution is -2.50. The Hall–Kier alpha value is -2.22. The van der Waals surface area contributed by atoms with E-state index < -0.39 is 5.54 Å². The largest absolute Gasteiger partial charge is 0.373 e. The molecule has 0 radical (unpaired) electrons. The lowest BCUT2D eigenvalue weighted by atomic mass is 9.98. The second kappa shape index (κ2) is 6.35. The number of amides is 1. The highest BCUT2D eigenvalue weighted by molar-refractivity contribution is 5.84. The SMILES string of the molecule is C[C@@H]1CN(C)c2ccccc2N(CC(=O)N[C@@](C)(C#N)C2CC2)C1. The van der Waals surface area contributed by atoms with Crippen LogP contribution in [-0.4, -0.2) is 38.1 Å². The topological polar surface area (TPSA) is 59.4 Å². The van der Waals surface area contributed by atoms with Crippen LogP contribution in [0.25, 0.3) is 0 Å². The van der Waals surface area contributed by atoms with Gasteiger partial charge in [-0.05, 0) is 43.7 Å². The predicted octanol–water partition coefficient (Wildman–Crippen LogP) is 2.39. The van der Waals surface area contributed by atoms with Crippen molar-refractivity contribution in [2.75, 3.05) is 36.5 Å². The normalized spacial score (nSPS) is 22.8. The van der Waals surface area contributed by atoms with E-state index in [2.05, 4.69) is 47.3 Å². The average molecular weight is 326 g/mol. The molecule has 1 aliphatic heterocycles. The third-order valence-electron chi connectivity index (χ3n) is 5.11. The number of rotatable bonds is 4. The first-order valence-electron chi connectivity index (χ1n) is 8.70. The Morgan fingerprint density at radius 3 is 2.62 bits per heavy atom. The number of carbonyl (C=O) groups excluding carboxylic acids is 1. The summed E-state index contributed by atoms with van der Waals surface area (Å²) in [6.07, 6.45) is 2.05. The van der Waals surface area contributed by atoms with Gasteiger partial charge in [0.05, 0.1) is 24.0 Å². The molecule has 1 fully saturated rings. The summed E-state index contributed by atoms with van der Waals surface area (Å²) in [6.45, 7) is 6.14. The van der Waals surface area contributed by atoms with Crippen molar-refractivity contribution in [2.24, 2.45) is 11.8 Å². The lowest BCUT2D eigenvalue weighted by molar-refractivity contribution is -0.121. The number of nitriles is 1. The fraction of sp³-hybridized carbons (Fsp3) is 0.579. The molecule has 24 heavy (non-hydrogen) atoms. The highest BCUT2D eigenvalue weighted by Gasteiger charge is 2.43. The molecule has 5 heteroatoms. The highest BCUT2D eigenvalue weighted by Crippen LogP contribution is 2.39. The van der Waals surface area contributed by atoms with Gasteiger partial charge in [0.2, 0.25) is 5.91 Å². The third-order valence-corrected chi connectivity index (χ3v) is 5.11. The lowest BCUT2D eigenvalue weighted by Gasteiger charge is -2.28. The molecule has 1 aliphatic carbocycles. The number of para-hydroxylation sites is 2. The van der Waals surface area contributed by atoms with Crippen LogP contribution in [0.5, 0.6) is 0 Å². The fourth-order valence-electron chi connectivity index (χ4n) is 3.69. The molecule has 1 heterocycles. The maximum Gasteiger partial charge on any atom is 0.240 e. The van der Waals surface area contributed by atoms with E-state index in [1.807, 2.05) is 19.1 Å². The Morgan fingerprint density at radius 1 is 1.33 bits per heavy atom. The van der Waals surface area contributed by atoms with Gasteiger partial charge >= 0.3 is 0 Å². The van der Waals surface area contributed by atoms with Crippen LogP contribution in [0.4, 0.5) is 11.4 Å². The van der Waals surface area contributed by atoms with Gasteiger partial charge in [-0.3, -0.25) is 4.79 Å². The van der Waals surface area contributed by atoms with Gasteiger partial charge in [0.1, 0.15) is 5.54 Å². The number of hydrogen-bond acceptors (Lipinski definition) is 4. The van der Waals surface area contributed by atoms with Gasteiger partial charge in [0, 0.05) is 20.1 Å². The molecule has 1 N–H and O–H groups in total. The van der Waals surface area contributed by atoms with Gasteiger partial charge in [-0.1, -0.05) is 19.1 Å². The van der Waals surface area contributed by atoms with Crippen molar-refractivity contribution in [2.45, 2.75) is 32.2 Å². The summed E-state index contributed by atoms with van der Waals surface area (Å²) in [5, 5.41) is 12.4. The predicted molar refractivity (Wildman–Crippen MR) is 96.0 cm³/mol. The first kappa shape index (κ1) is 16.6. The van der Waals surface area contributed by atoms with Crippen molar-refractivity contribution in [3.63, 3.8) is 0 Å². The highest BCUT2D eigenvalue weighted by atomic mass is 16.2. The molecular formula is C19H26N4O. The Kier molecular flexibility index (Phi) is 4.40. The molecule has 0 spiro atoms. The van der Waals surface area contributed by atoms with E-state index >= 15 is 0 Å². The number of benzene rings is 1. The average Bonchev–Trinajstić information content (AvgIpc) is 3.39. The molecule has 1 aromatic rings. The molecular weight excluding hydrogens is 300 g/mol. The molecule has 0 saturated heterocycles. The summed E-state index contributed by atoms with van der Waals surface area (Å²) in [5.41, 5.74) is 1.51. The van der Waals surface area contributed by atoms with Crippen LogP contribution in [0, 0.1) is 23.2 Å². The third kappa shape index (κ3) is 3.33. The summed E-state index contributed by atoms with van der Waals surface area (Å²) in [4.78, 5) is 17.0. The number of nitrogens with zero attached hydrogens (tertiary/aromatic N) is 3. The van der Waals surface area contributed by atoms with Crippen molar-refractivity contribution in [1.29, 1.82) is 5.26 Å². The molecule has 2 atom stereocenters. The Morgan fingerprint density at radius 2 is 2.00 bits per heavy atom. The van der Waals surface area contributed by atoms with E-state index in [1.165, 1.54) is 0 Å². The van der Waals surface area contributed by atoms with Crippen molar-refractivity contribution in [3.05, 3.63) is 24.3 Å². The molecule has 2 aliphatic rings. The monoisotopic (exact) mass is 326 g/mol. The van der Waals surface area contributed by atoms with E-state index in [0.29, 0.717) is 18.4 Å². The number of fused-ring (bicyclic) bond motifs is 1. The van der Waals surface area contributed by atoms with E-state index in [9.17, 15) is 10.1 Å². The smallest absolute Gasteiger partial charge is 0.240 e. The zero-order valence-electron chi connectivity index (χ0n) is 14.7. The minimum absolute atomic E-state index is 0.0718. The molecule has 128 valence electrons. The zero-order valence-corrected chi connectivity index (χ0v) is 14.7. The Balaban J connectivity index is 1.77. The molecule has 3 rings (SSSR count). The van der Waals surface area contributed by atoms with Crippen LogP contribution in [0.15, 0.2) is 24.3 Å². The van der Waals surface area contributed by atoms with Crippen LogP contribution in [-0.2, 0) is 4.79 Å². The first-order valence-corrected chi connectivity index (χ1v) is 8.70. The van der Waals surface area contributed by atoms with Gasteiger partial charge in [-0.25, -0.2) is 0 Å². The van der Waals surface area contributed by atoms with E-state index in [1.54, 1.807) is 0 Å². The van der Waals surface area contributed by atoms with Crippen LogP contribution in [0.2, 0.25) is 0 Å². The maximum atomic E-state index is 12.6. The van der Waals surface area contributed by atoms with Crippen molar-refractivity contribution in [1.82, 2.24) is 5.32 Å². The summed E-state index contributed by atoms with van der Waals surface area (Å²) >= 11 is 0. The van der Waals surface area contributed by atoms with Crippen LogP contribution in [0.3, 0.4) is 0 Å². The van der Waals surface area contributed by atoms with E-state index in [0.717, 1.165) is 37.3 Å². The molecule has 0 unspecified atom stereocenters. The number of anilines is 2. The standard InChI is InChI=1S/C19H26N4O/c1-14-10-22(3)16-6-4-5-7-17(16)23(11-14)12-18(24)21-19(2,13-20)15-8-9-15/h4-7,14-15H,8-12H2,1-3H3,(H,21,24)/t14-,19+/m1/s1. The molecule has 1 saturated carbocycles. The summed E-state index contributed by atoms with van der Waals surface area (Å²) < 4.78 is 0. The van der Waals surface area contributed by atoms with Crippen LogP contribution < -0.4 is 15.1 Å². The van der Waals surface area contributed by atoms with E-state index in [-0.39, 0.29) is 5.91 Å². The molecule has 0 bridgehead atoms. The minimum Gasteiger partial charge on any atom is -0.373 e. The Labute approximate surface area is 144 Å². The molecule has 0 aromatic heterocycles. The fourth-order valence-corrected chi connectivity index (χ4v) is 3.69. The van der Waals surface area contributed by atoms with Gasteiger partial charge in [0.15, 0.2) is 0 Å². The van der Waals surface area contributed by atoms with Crippen molar-refractivity contribution >= 4 is 17.3 Å². The van der Waals surface area contributed by atoms with Crippen LogP contribution in [0.1, 0.15) is 26.7 Å². The Bertz CT molecular complexity index is 664. The van der Waals surface area contributed by atoms with Gasteiger partial charge < -0.3 is 15.1 Å². The molecule has 1 aromatic carbocycles. The van der Waals surface area contributed by atoms with Gasteiger partial charge in [-0.2, -0.15) is 5.26 Å². The second-order valence-electron chi connectivity index (χ2n) is 7.49. The quantitative estimate of drug-likeness (QED) is 0.923. The number of carbonyl (C=O) groups is 1. The molecule has 1 amide bonds.